The van der Waals surface area contributed by atoms with E-state index in [1.807, 2.05) is 0 Å². The van der Waals surface area contributed by atoms with E-state index in [9.17, 15) is 0 Å². The summed E-state index contributed by atoms with van der Waals surface area (Å²) >= 11 is 2.13. The Balaban J connectivity index is 1.78. The number of rotatable bonds is 8. The van der Waals surface area contributed by atoms with Crippen LogP contribution in [-0.2, 0) is 9.47 Å². The summed E-state index contributed by atoms with van der Waals surface area (Å²) in [6.45, 7) is 6.50. The van der Waals surface area contributed by atoms with E-state index in [2.05, 4.69) is 25.6 Å². The van der Waals surface area contributed by atoms with Crippen LogP contribution in [0.1, 0.15) is 39.5 Å². The molecular formula is C12H22O2S. The summed E-state index contributed by atoms with van der Waals surface area (Å²) in [5.41, 5.74) is 0. The van der Waals surface area contributed by atoms with Gasteiger partial charge in [-0.15, -0.1) is 11.8 Å². The van der Waals surface area contributed by atoms with Crippen LogP contribution in [0.5, 0.6) is 0 Å². The lowest BCUT2D eigenvalue weighted by atomic mass is 10.2. The summed E-state index contributed by atoms with van der Waals surface area (Å²) < 4.78 is 10.9. The molecule has 3 heteroatoms. The molecule has 88 valence electrons. The smallest absolute Gasteiger partial charge is 0.0928 e. The van der Waals surface area contributed by atoms with Crippen LogP contribution in [0, 0.1) is 0 Å². The van der Waals surface area contributed by atoms with Crippen molar-refractivity contribution in [3.63, 3.8) is 0 Å². The van der Waals surface area contributed by atoms with Crippen molar-refractivity contribution >= 4 is 11.8 Å². The van der Waals surface area contributed by atoms with Gasteiger partial charge in [0, 0.05) is 10.5 Å². The van der Waals surface area contributed by atoms with Crippen molar-refractivity contribution in [1.29, 1.82) is 0 Å². The van der Waals surface area contributed by atoms with Gasteiger partial charge in [-0.05, 0) is 12.8 Å². The molecule has 0 N–H and O–H groups in total. The first kappa shape index (κ1) is 11.7. The van der Waals surface area contributed by atoms with Crippen molar-refractivity contribution < 1.29 is 9.47 Å². The third-order valence-electron chi connectivity index (χ3n) is 3.04. The lowest BCUT2D eigenvalue weighted by Gasteiger charge is -2.20. The lowest BCUT2D eigenvalue weighted by molar-refractivity contribution is 0.387. The van der Waals surface area contributed by atoms with Gasteiger partial charge in [-0.25, -0.2) is 0 Å². The first-order valence-corrected chi connectivity index (χ1v) is 7.18. The van der Waals surface area contributed by atoms with Crippen molar-refractivity contribution in [3.8, 4) is 0 Å². The second-order valence-corrected chi connectivity index (χ2v) is 6.02. The summed E-state index contributed by atoms with van der Waals surface area (Å²) in [4.78, 5) is 0. The highest BCUT2D eigenvalue weighted by Crippen LogP contribution is 2.38. The molecule has 2 heterocycles. The van der Waals surface area contributed by atoms with E-state index < -0.39 is 0 Å². The summed E-state index contributed by atoms with van der Waals surface area (Å²) in [6.07, 6.45) is 6.22. The molecule has 0 radical (unpaired) electrons. The van der Waals surface area contributed by atoms with Crippen LogP contribution in [0.15, 0.2) is 0 Å². The molecule has 0 amide bonds. The first-order valence-electron chi connectivity index (χ1n) is 6.23. The van der Waals surface area contributed by atoms with Gasteiger partial charge in [-0.1, -0.05) is 26.7 Å². The highest BCUT2D eigenvalue weighted by Gasteiger charge is 2.39. The second-order valence-electron chi connectivity index (χ2n) is 4.53. The van der Waals surface area contributed by atoms with Gasteiger partial charge in [0.05, 0.1) is 25.4 Å². The molecule has 2 saturated heterocycles. The van der Waals surface area contributed by atoms with Gasteiger partial charge >= 0.3 is 0 Å². The number of hydrogen-bond donors (Lipinski definition) is 0. The zero-order chi connectivity index (χ0) is 10.7. The number of hydrogen-bond acceptors (Lipinski definition) is 3. The van der Waals surface area contributed by atoms with E-state index in [4.69, 9.17) is 9.47 Å². The largest absolute Gasteiger partial charge is 0.372 e. The Labute approximate surface area is 97.1 Å². The van der Waals surface area contributed by atoms with Crippen LogP contribution in [0.3, 0.4) is 0 Å². The number of thioether (sulfide) groups is 1. The molecule has 2 nitrogen and oxygen atoms in total. The highest BCUT2D eigenvalue weighted by molar-refractivity contribution is 8.00. The van der Waals surface area contributed by atoms with Gasteiger partial charge < -0.3 is 9.47 Å². The van der Waals surface area contributed by atoms with E-state index in [0.29, 0.717) is 12.2 Å². The molecule has 0 aromatic rings. The van der Waals surface area contributed by atoms with E-state index in [1.165, 1.54) is 25.7 Å². The Hall–Kier alpha value is 0.270. The topological polar surface area (TPSA) is 25.1 Å². The highest BCUT2D eigenvalue weighted by atomic mass is 32.2. The summed E-state index contributed by atoms with van der Waals surface area (Å²) in [7, 11) is 0. The van der Waals surface area contributed by atoms with Gasteiger partial charge in [0.2, 0.25) is 0 Å². The van der Waals surface area contributed by atoms with E-state index in [1.54, 1.807) is 0 Å². The van der Waals surface area contributed by atoms with Crippen LogP contribution < -0.4 is 0 Å². The Morgan fingerprint density at radius 2 is 1.40 bits per heavy atom. The fraction of sp³-hybridized carbons (Fsp3) is 1.00. The molecule has 0 spiro atoms. The number of epoxide rings is 2. The first-order chi connectivity index (χ1) is 7.35. The lowest BCUT2D eigenvalue weighted by Crippen LogP contribution is -2.20. The molecule has 2 rings (SSSR count). The quantitative estimate of drug-likeness (QED) is 0.599. The Morgan fingerprint density at radius 1 is 1.00 bits per heavy atom. The summed E-state index contributed by atoms with van der Waals surface area (Å²) in [6, 6.07) is 0. The van der Waals surface area contributed by atoms with Crippen LogP contribution >= 0.6 is 11.8 Å². The molecule has 0 aliphatic carbocycles. The third-order valence-corrected chi connectivity index (χ3v) is 4.82. The van der Waals surface area contributed by atoms with E-state index in [-0.39, 0.29) is 0 Å². The molecule has 2 aliphatic heterocycles. The third kappa shape index (κ3) is 3.65. The van der Waals surface area contributed by atoms with E-state index in [0.717, 1.165) is 23.7 Å². The number of ether oxygens (including phenoxy) is 2. The average molecular weight is 230 g/mol. The second kappa shape index (κ2) is 5.55. The molecule has 0 aromatic carbocycles. The maximum atomic E-state index is 5.44. The SMILES string of the molecule is CCCC(SC(CCC)C1CO1)C1CO1. The standard InChI is InChI=1S/C12H22O2S/c1-3-5-11(9-7-13-9)15-12(6-4-2)10-8-14-10/h9-12H,3-8H2,1-2H3. The van der Waals surface area contributed by atoms with Crippen LogP contribution in [0.2, 0.25) is 0 Å². The molecule has 2 aliphatic rings. The average Bonchev–Trinajstić information content (AvgIpc) is 3.05. The van der Waals surface area contributed by atoms with Gasteiger partial charge in [0.15, 0.2) is 0 Å². The van der Waals surface area contributed by atoms with Crippen molar-refractivity contribution in [3.05, 3.63) is 0 Å². The fourth-order valence-electron chi connectivity index (χ4n) is 2.02. The zero-order valence-electron chi connectivity index (χ0n) is 9.78. The minimum Gasteiger partial charge on any atom is -0.372 e. The maximum Gasteiger partial charge on any atom is 0.0928 e. The molecule has 2 fully saturated rings. The normalized spacial score (nSPS) is 32.4. The van der Waals surface area contributed by atoms with Crippen molar-refractivity contribution in [1.82, 2.24) is 0 Å². The zero-order valence-corrected chi connectivity index (χ0v) is 10.6. The Morgan fingerprint density at radius 3 is 1.67 bits per heavy atom. The van der Waals surface area contributed by atoms with Gasteiger partial charge in [-0.2, -0.15) is 0 Å². The molecule has 0 bridgehead atoms. The van der Waals surface area contributed by atoms with E-state index >= 15 is 0 Å². The summed E-state index contributed by atoms with van der Waals surface area (Å²) in [5, 5.41) is 1.44. The summed E-state index contributed by atoms with van der Waals surface area (Å²) in [5.74, 6) is 0. The molecule has 4 unspecified atom stereocenters. The van der Waals surface area contributed by atoms with Crippen LogP contribution in [0.25, 0.3) is 0 Å². The molecule has 15 heavy (non-hydrogen) atoms. The molecular weight excluding hydrogens is 208 g/mol. The van der Waals surface area contributed by atoms with Crippen molar-refractivity contribution in [2.75, 3.05) is 13.2 Å². The molecule has 0 saturated carbocycles. The minimum atomic E-state index is 0.549. The Kier molecular flexibility index (Phi) is 4.35. The monoisotopic (exact) mass is 230 g/mol. The fourth-order valence-corrected chi connectivity index (χ4v) is 3.87. The van der Waals surface area contributed by atoms with Gasteiger partial charge in [0.25, 0.3) is 0 Å². The predicted molar refractivity (Wildman–Crippen MR) is 64.5 cm³/mol. The molecule has 4 atom stereocenters. The van der Waals surface area contributed by atoms with Crippen molar-refractivity contribution in [2.24, 2.45) is 0 Å². The molecule has 0 aromatic heterocycles. The maximum absolute atomic E-state index is 5.44. The van der Waals surface area contributed by atoms with Crippen LogP contribution in [-0.4, -0.2) is 35.9 Å². The van der Waals surface area contributed by atoms with Crippen molar-refractivity contribution in [2.45, 2.75) is 62.2 Å². The van der Waals surface area contributed by atoms with Gasteiger partial charge in [-0.3, -0.25) is 0 Å². The van der Waals surface area contributed by atoms with Gasteiger partial charge in [0.1, 0.15) is 0 Å². The van der Waals surface area contributed by atoms with Crippen LogP contribution in [0.4, 0.5) is 0 Å². The Bertz CT molecular complexity index is 170. The predicted octanol–water partition coefficient (Wildman–Crippen LogP) is 2.85. The minimum absolute atomic E-state index is 0.549.